The van der Waals surface area contributed by atoms with Gasteiger partial charge in [-0.25, -0.2) is 18.1 Å². The van der Waals surface area contributed by atoms with Crippen LogP contribution in [0, 0.1) is 0 Å². The van der Waals surface area contributed by atoms with Crippen LogP contribution in [0.15, 0.2) is 46.4 Å². The average Bonchev–Trinajstić information content (AvgIpc) is 3.28. The predicted molar refractivity (Wildman–Crippen MR) is 91.6 cm³/mol. The Bertz CT molecular complexity index is 891. The second kappa shape index (κ2) is 7.12. The fourth-order valence-electron chi connectivity index (χ4n) is 2.23. The van der Waals surface area contributed by atoms with Crippen molar-refractivity contribution in [3.05, 3.63) is 47.2 Å². The van der Waals surface area contributed by atoms with Gasteiger partial charge in [0.15, 0.2) is 0 Å². The minimum absolute atomic E-state index is 0.0991. The van der Waals surface area contributed by atoms with Crippen molar-refractivity contribution >= 4 is 21.4 Å². The summed E-state index contributed by atoms with van der Waals surface area (Å²) in [7, 11) is -2.25. The molecule has 0 atom stereocenters. The maximum Gasteiger partial charge on any atom is 0.244 e. The molecule has 0 saturated carbocycles. The molecule has 0 fully saturated rings. The number of methoxy groups -OCH3 is 1. The van der Waals surface area contributed by atoms with E-state index in [9.17, 15) is 8.42 Å². The van der Waals surface area contributed by atoms with Crippen LogP contribution in [0.3, 0.4) is 0 Å². The van der Waals surface area contributed by atoms with E-state index in [0.29, 0.717) is 12.2 Å². The second-order valence-electron chi connectivity index (χ2n) is 4.98. The van der Waals surface area contributed by atoms with Crippen molar-refractivity contribution in [1.29, 1.82) is 0 Å². The Balaban J connectivity index is 1.83. The molecule has 0 aliphatic carbocycles. The van der Waals surface area contributed by atoms with E-state index in [1.54, 1.807) is 36.1 Å². The fraction of sp³-hybridized carbons (Fsp3) is 0.200. The Morgan fingerprint density at radius 2 is 2.21 bits per heavy atom. The number of hydrogen-bond acceptors (Lipinski definition) is 6. The molecule has 2 aromatic heterocycles. The summed E-state index contributed by atoms with van der Waals surface area (Å²) < 4.78 is 33.1. The highest BCUT2D eigenvalue weighted by Crippen LogP contribution is 2.29. The molecule has 0 unspecified atom stereocenters. The van der Waals surface area contributed by atoms with E-state index in [0.717, 1.165) is 16.8 Å². The number of H-pyrrole nitrogens is 1. The van der Waals surface area contributed by atoms with Gasteiger partial charge in [-0.1, -0.05) is 6.07 Å². The number of thiazole rings is 1. The van der Waals surface area contributed by atoms with Gasteiger partial charge in [0.1, 0.15) is 10.6 Å². The number of rotatable bonds is 7. The standard InChI is InChI=1S/C15H16N4O3S2/c1-22-14-3-2-11(12-7-17-18-8-12)6-15(14)24(20,21)19-5-4-13-9-23-10-16-13/h2-3,6-10,19H,4-5H2,1H3,(H,17,18). The van der Waals surface area contributed by atoms with Crippen LogP contribution in [-0.2, 0) is 16.4 Å². The van der Waals surface area contributed by atoms with Gasteiger partial charge < -0.3 is 4.74 Å². The lowest BCUT2D eigenvalue weighted by Crippen LogP contribution is -2.26. The quantitative estimate of drug-likeness (QED) is 0.669. The van der Waals surface area contributed by atoms with Gasteiger partial charge >= 0.3 is 0 Å². The zero-order valence-electron chi connectivity index (χ0n) is 12.9. The van der Waals surface area contributed by atoms with Gasteiger partial charge in [-0.2, -0.15) is 5.10 Å². The minimum atomic E-state index is -3.70. The second-order valence-corrected chi connectivity index (χ2v) is 7.43. The van der Waals surface area contributed by atoms with Gasteiger partial charge in [0.05, 0.1) is 24.5 Å². The number of nitrogens with zero attached hydrogens (tertiary/aromatic N) is 2. The molecular formula is C15H16N4O3S2. The lowest BCUT2D eigenvalue weighted by Gasteiger charge is -2.12. The van der Waals surface area contributed by atoms with Gasteiger partial charge in [-0.15, -0.1) is 11.3 Å². The van der Waals surface area contributed by atoms with Crippen LogP contribution in [0.5, 0.6) is 5.75 Å². The normalized spacial score (nSPS) is 11.5. The minimum Gasteiger partial charge on any atom is -0.495 e. The molecule has 24 heavy (non-hydrogen) atoms. The van der Waals surface area contributed by atoms with E-state index in [1.807, 2.05) is 5.38 Å². The molecule has 2 N–H and O–H groups in total. The van der Waals surface area contributed by atoms with Crippen LogP contribution in [0.2, 0.25) is 0 Å². The van der Waals surface area contributed by atoms with Gasteiger partial charge in [0.25, 0.3) is 0 Å². The SMILES string of the molecule is COc1ccc(-c2cn[nH]c2)cc1S(=O)(=O)NCCc1cscn1. The van der Waals surface area contributed by atoms with Crippen molar-refractivity contribution in [1.82, 2.24) is 19.9 Å². The van der Waals surface area contributed by atoms with Gasteiger partial charge in [-0.3, -0.25) is 5.10 Å². The molecule has 0 aliphatic rings. The molecule has 0 saturated heterocycles. The Morgan fingerprint density at radius 1 is 1.33 bits per heavy atom. The van der Waals surface area contributed by atoms with Crippen molar-refractivity contribution in [2.24, 2.45) is 0 Å². The number of hydrogen-bond donors (Lipinski definition) is 2. The summed E-state index contributed by atoms with van der Waals surface area (Å²) in [6.07, 6.45) is 3.87. The third kappa shape index (κ3) is 3.64. The van der Waals surface area contributed by atoms with Crippen LogP contribution < -0.4 is 9.46 Å². The van der Waals surface area contributed by atoms with E-state index in [2.05, 4.69) is 19.9 Å². The molecule has 2 heterocycles. The van der Waals surface area contributed by atoms with Crippen molar-refractivity contribution in [3.8, 4) is 16.9 Å². The molecule has 0 amide bonds. The summed E-state index contributed by atoms with van der Waals surface area (Å²) in [5, 5.41) is 8.49. The Hall–Kier alpha value is -2.23. The Morgan fingerprint density at radius 3 is 2.88 bits per heavy atom. The van der Waals surface area contributed by atoms with E-state index in [1.165, 1.54) is 18.4 Å². The summed E-state index contributed by atoms with van der Waals surface area (Å²) in [5.41, 5.74) is 4.13. The van der Waals surface area contributed by atoms with Crippen LogP contribution in [0.1, 0.15) is 5.69 Å². The summed E-state index contributed by atoms with van der Waals surface area (Å²) in [5.74, 6) is 0.295. The summed E-state index contributed by atoms with van der Waals surface area (Å²) in [6.45, 7) is 0.269. The van der Waals surface area contributed by atoms with Crippen molar-refractivity contribution < 1.29 is 13.2 Å². The van der Waals surface area contributed by atoms with Crippen molar-refractivity contribution in [2.45, 2.75) is 11.3 Å². The topological polar surface area (TPSA) is 97.0 Å². The van der Waals surface area contributed by atoms with Crippen LogP contribution in [0.4, 0.5) is 0 Å². The molecule has 0 aliphatic heterocycles. The first kappa shape index (κ1) is 16.6. The maximum absolute atomic E-state index is 12.6. The van der Waals surface area contributed by atoms with Crippen molar-refractivity contribution in [2.75, 3.05) is 13.7 Å². The molecule has 126 valence electrons. The first-order chi connectivity index (χ1) is 11.6. The summed E-state index contributed by atoms with van der Waals surface area (Å²) >= 11 is 1.48. The zero-order chi connectivity index (χ0) is 17.0. The molecule has 7 nitrogen and oxygen atoms in total. The third-order valence-electron chi connectivity index (χ3n) is 3.44. The molecule has 3 aromatic rings. The summed E-state index contributed by atoms with van der Waals surface area (Å²) in [6, 6.07) is 5.00. The lowest BCUT2D eigenvalue weighted by molar-refractivity contribution is 0.402. The third-order valence-corrected chi connectivity index (χ3v) is 5.56. The highest BCUT2D eigenvalue weighted by atomic mass is 32.2. The van der Waals surface area contributed by atoms with Gasteiger partial charge in [0.2, 0.25) is 10.0 Å². The number of sulfonamides is 1. The van der Waals surface area contributed by atoms with E-state index in [-0.39, 0.29) is 11.4 Å². The van der Waals surface area contributed by atoms with E-state index in [4.69, 9.17) is 4.74 Å². The summed E-state index contributed by atoms with van der Waals surface area (Å²) in [4.78, 5) is 4.24. The first-order valence-electron chi connectivity index (χ1n) is 7.14. The molecule has 1 aromatic carbocycles. The van der Waals surface area contributed by atoms with E-state index >= 15 is 0 Å². The smallest absolute Gasteiger partial charge is 0.244 e. The number of ether oxygens (including phenoxy) is 1. The zero-order valence-corrected chi connectivity index (χ0v) is 14.5. The highest BCUT2D eigenvalue weighted by molar-refractivity contribution is 7.89. The lowest BCUT2D eigenvalue weighted by atomic mass is 10.1. The number of benzene rings is 1. The Kier molecular flexibility index (Phi) is 4.93. The number of aromatic nitrogens is 3. The van der Waals surface area contributed by atoms with Crippen molar-refractivity contribution in [3.63, 3.8) is 0 Å². The van der Waals surface area contributed by atoms with Crippen LogP contribution >= 0.6 is 11.3 Å². The molecule has 9 heteroatoms. The number of nitrogens with one attached hydrogen (secondary N) is 2. The molecule has 3 rings (SSSR count). The van der Waals surface area contributed by atoms with Crippen LogP contribution in [-0.4, -0.2) is 37.3 Å². The largest absolute Gasteiger partial charge is 0.495 e. The van der Waals surface area contributed by atoms with Crippen LogP contribution in [0.25, 0.3) is 11.1 Å². The van der Waals surface area contributed by atoms with E-state index < -0.39 is 10.0 Å². The molecular weight excluding hydrogens is 348 g/mol. The average molecular weight is 364 g/mol. The van der Waals surface area contributed by atoms with Gasteiger partial charge in [0, 0.05) is 30.1 Å². The molecule has 0 spiro atoms. The maximum atomic E-state index is 12.6. The molecule has 0 radical (unpaired) electrons. The monoisotopic (exact) mass is 364 g/mol. The fourth-order valence-corrected chi connectivity index (χ4v) is 4.04. The predicted octanol–water partition coefficient (Wildman–Crippen LogP) is 2.06. The first-order valence-corrected chi connectivity index (χ1v) is 9.56. The highest BCUT2D eigenvalue weighted by Gasteiger charge is 2.20. The number of aromatic amines is 1. The van der Waals surface area contributed by atoms with Gasteiger partial charge in [-0.05, 0) is 17.7 Å². The Labute approximate surface area is 143 Å². The molecule has 0 bridgehead atoms.